The summed E-state index contributed by atoms with van der Waals surface area (Å²) < 4.78 is 11.0. The number of carbonyl (C=O) groups excluding carboxylic acids is 1. The van der Waals surface area contributed by atoms with Gasteiger partial charge in [-0.2, -0.15) is 0 Å². The number of likely N-dealkylation sites (N-methyl/N-ethyl adjacent to an activating group) is 1. The van der Waals surface area contributed by atoms with E-state index in [2.05, 4.69) is 34.6 Å². The molecule has 9 heteroatoms. The van der Waals surface area contributed by atoms with Crippen LogP contribution in [-0.2, 0) is 11.2 Å². The number of carbonyl (C=O) groups is 1. The van der Waals surface area contributed by atoms with Crippen molar-refractivity contribution in [2.45, 2.75) is 45.6 Å². The first kappa shape index (κ1) is 29.3. The van der Waals surface area contributed by atoms with Crippen molar-refractivity contribution in [3.05, 3.63) is 23.8 Å². The van der Waals surface area contributed by atoms with E-state index in [4.69, 9.17) is 14.5 Å². The first-order valence-electron chi connectivity index (χ1n) is 11.7. The molecule has 0 saturated carbocycles. The molecule has 1 aliphatic rings. The van der Waals surface area contributed by atoms with Crippen LogP contribution >= 0.6 is 24.0 Å². The Kier molecular flexibility index (Phi) is 14.2. The Balaban J connectivity index is 0.00000544. The summed E-state index contributed by atoms with van der Waals surface area (Å²) in [4.78, 5) is 20.6. The van der Waals surface area contributed by atoms with Crippen molar-refractivity contribution in [3.8, 4) is 11.5 Å². The van der Waals surface area contributed by atoms with E-state index >= 15 is 0 Å². The van der Waals surface area contributed by atoms with Crippen LogP contribution in [0.2, 0.25) is 0 Å². The molecule has 1 aromatic rings. The Morgan fingerprint density at radius 2 is 1.94 bits per heavy atom. The number of halogens is 1. The minimum absolute atomic E-state index is 0. The topological polar surface area (TPSA) is 78.4 Å². The van der Waals surface area contributed by atoms with Crippen LogP contribution in [-0.4, -0.2) is 88.2 Å². The molecule has 1 aliphatic heterocycles. The van der Waals surface area contributed by atoms with Crippen LogP contribution < -0.4 is 20.1 Å². The lowest BCUT2D eigenvalue weighted by Gasteiger charge is -2.33. The third-order valence-corrected chi connectivity index (χ3v) is 5.55. The number of aryl methyl sites for hydroxylation is 1. The highest BCUT2D eigenvalue weighted by molar-refractivity contribution is 14.0. The highest BCUT2D eigenvalue weighted by Crippen LogP contribution is 2.28. The third-order valence-electron chi connectivity index (χ3n) is 5.55. The minimum Gasteiger partial charge on any atom is -0.493 e. The van der Waals surface area contributed by atoms with E-state index in [1.165, 1.54) is 5.56 Å². The maximum atomic E-state index is 11.9. The van der Waals surface area contributed by atoms with Gasteiger partial charge in [-0.25, -0.2) is 0 Å². The molecule has 0 aromatic heterocycles. The quantitative estimate of drug-likeness (QED) is 0.183. The summed E-state index contributed by atoms with van der Waals surface area (Å²) in [6, 6.07) is 6.50. The number of benzene rings is 1. The fraction of sp³-hybridized carbons (Fsp3) is 0.667. The fourth-order valence-electron chi connectivity index (χ4n) is 3.70. The number of rotatable bonds is 11. The number of nitrogens with zero attached hydrogens (tertiary/aromatic N) is 3. The number of hydrogen-bond donors (Lipinski definition) is 2. The summed E-state index contributed by atoms with van der Waals surface area (Å²) in [5.74, 6) is 2.60. The van der Waals surface area contributed by atoms with Gasteiger partial charge in [0.05, 0.1) is 20.3 Å². The Morgan fingerprint density at radius 1 is 1.21 bits per heavy atom. The average molecular weight is 576 g/mol. The van der Waals surface area contributed by atoms with Gasteiger partial charge < -0.3 is 25.0 Å². The lowest BCUT2D eigenvalue weighted by molar-refractivity contribution is -0.130. The van der Waals surface area contributed by atoms with E-state index in [0.29, 0.717) is 19.2 Å². The second kappa shape index (κ2) is 16.0. The van der Waals surface area contributed by atoms with Gasteiger partial charge in [-0.05, 0) is 57.2 Å². The van der Waals surface area contributed by atoms with Crippen molar-refractivity contribution in [2.24, 2.45) is 4.99 Å². The molecule has 0 atom stereocenters. The second-order valence-corrected chi connectivity index (χ2v) is 8.27. The van der Waals surface area contributed by atoms with Gasteiger partial charge in [-0.3, -0.25) is 14.7 Å². The molecule has 0 bridgehead atoms. The second-order valence-electron chi connectivity index (χ2n) is 8.27. The SMILES string of the molecule is CCNC(=NCCCc1ccc(OC)c(OCC)c1)NC1CCN(CC(=O)N(C)C)CC1.I. The zero-order valence-electron chi connectivity index (χ0n) is 20.9. The summed E-state index contributed by atoms with van der Waals surface area (Å²) in [5.41, 5.74) is 1.22. The first-order chi connectivity index (χ1) is 15.5. The minimum atomic E-state index is 0. The molecule has 0 unspecified atom stereocenters. The molecule has 8 nitrogen and oxygen atoms in total. The number of hydrogen-bond acceptors (Lipinski definition) is 5. The smallest absolute Gasteiger partial charge is 0.236 e. The molecule has 0 aliphatic carbocycles. The van der Waals surface area contributed by atoms with Gasteiger partial charge in [0.25, 0.3) is 0 Å². The fourth-order valence-corrected chi connectivity index (χ4v) is 3.70. The van der Waals surface area contributed by atoms with Crippen LogP contribution in [0.25, 0.3) is 0 Å². The number of piperidine rings is 1. The highest BCUT2D eigenvalue weighted by Gasteiger charge is 2.22. The molecule has 2 rings (SSSR count). The lowest BCUT2D eigenvalue weighted by Crippen LogP contribution is -2.50. The standard InChI is InChI=1S/C24H41N5O3.HI/c1-6-25-24(27-20-12-15-29(16-13-20)18-23(30)28(3)4)26-14-8-9-19-10-11-21(31-5)22(17-19)32-7-2;/h10-11,17,20H,6-9,12-16,18H2,1-5H3,(H2,25,26,27);1H. The number of ether oxygens (including phenoxy) is 2. The number of nitrogens with one attached hydrogen (secondary N) is 2. The van der Waals surface area contributed by atoms with Crippen molar-refractivity contribution >= 4 is 35.8 Å². The monoisotopic (exact) mass is 575 g/mol. The van der Waals surface area contributed by atoms with Crippen molar-refractivity contribution in [3.63, 3.8) is 0 Å². The molecule has 2 N–H and O–H groups in total. The maximum Gasteiger partial charge on any atom is 0.236 e. The van der Waals surface area contributed by atoms with Gasteiger partial charge in [-0.15, -0.1) is 24.0 Å². The Bertz CT molecular complexity index is 737. The summed E-state index contributed by atoms with van der Waals surface area (Å²) >= 11 is 0. The Labute approximate surface area is 216 Å². The summed E-state index contributed by atoms with van der Waals surface area (Å²) in [6.45, 7) is 8.62. The molecule has 1 aromatic carbocycles. The normalized spacial score (nSPS) is 14.9. The molecular weight excluding hydrogens is 533 g/mol. The third kappa shape index (κ3) is 10.4. The summed E-state index contributed by atoms with van der Waals surface area (Å²) in [5, 5.41) is 6.93. The number of guanidine groups is 1. The van der Waals surface area contributed by atoms with Crippen LogP contribution in [0.3, 0.4) is 0 Å². The average Bonchev–Trinajstić information content (AvgIpc) is 2.78. The van der Waals surface area contributed by atoms with E-state index in [-0.39, 0.29) is 29.9 Å². The number of amides is 1. The molecular formula is C24H42IN5O3. The van der Waals surface area contributed by atoms with Crippen LogP contribution in [0.1, 0.15) is 38.7 Å². The molecule has 1 fully saturated rings. The number of methoxy groups -OCH3 is 1. The van der Waals surface area contributed by atoms with Crippen LogP contribution in [0, 0.1) is 0 Å². The molecule has 1 saturated heterocycles. The summed E-state index contributed by atoms with van der Waals surface area (Å²) in [6.07, 6.45) is 3.92. The molecule has 188 valence electrons. The van der Waals surface area contributed by atoms with E-state index in [1.54, 1.807) is 12.0 Å². The van der Waals surface area contributed by atoms with E-state index in [0.717, 1.165) is 69.3 Å². The predicted octanol–water partition coefficient (Wildman–Crippen LogP) is 2.75. The zero-order valence-corrected chi connectivity index (χ0v) is 23.2. The molecule has 1 amide bonds. The highest BCUT2D eigenvalue weighted by atomic mass is 127. The molecule has 33 heavy (non-hydrogen) atoms. The Morgan fingerprint density at radius 3 is 2.55 bits per heavy atom. The van der Waals surface area contributed by atoms with Crippen molar-refractivity contribution < 1.29 is 14.3 Å². The van der Waals surface area contributed by atoms with Crippen LogP contribution in [0.15, 0.2) is 23.2 Å². The van der Waals surface area contributed by atoms with Gasteiger partial charge in [0.2, 0.25) is 5.91 Å². The van der Waals surface area contributed by atoms with Gasteiger partial charge in [0, 0.05) is 46.3 Å². The van der Waals surface area contributed by atoms with Crippen molar-refractivity contribution in [1.82, 2.24) is 20.4 Å². The first-order valence-corrected chi connectivity index (χ1v) is 11.7. The lowest BCUT2D eigenvalue weighted by atomic mass is 10.1. The van der Waals surface area contributed by atoms with Crippen molar-refractivity contribution in [1.29, 1.82) is 0 Å². The Hall–Kier alpha value is -1.75. The maximum absolute atomic E-state index is 11.9. The van der Waals surface area contributed by atoms with E-state index < -0.39 is 0 Å². The molecule has 0 spiro atoms. The zero-order chi connectivity index (χ0) is 23.3. The van der Waals surface area contributed by atoms with Gasteiger partial charge in [0.15, 0.2) is 17.5 Å². The van der Waals surface area contributed by atoms with Gasteiger partial charge in [-0.1, -0.05) is 6.07 Å². The van der Waals surface area contributed by atoms with Crippen LogP contribution in [0.5, 0.6) is 11.5 Å². The largest absolute Gasteiger partial charge is 0.493 e. The van der Waals surface area contributed by atoms with Crippen molar-refractivity contribution in [2.75, 3.05) is 60.5 Å². The van der Waals surface area contributed by atoms with Crippen LogP contribution in [0.4, 0.5) is 0 Å². The summed E-state index contributed by atoms with van der Waals surface area (Å²) in [7, 11) is 5.28. The van der Waals surface area contributed by atoms with Gasteiger partial charge >= 0.3 is 0 Å². The van der Waals surface area contributed by atoms with E-state index in [1.807, 2.05) is 27.1 Å². The van der Waals surface area contributed by atoms with E-state index in [9.17, 15) is 4.79 Å². The number of likely N-dealkylation sites (tertiary alicyclic amines) is 1. The number of aliphatic imine (C=N–C) groups is 1. The van der Waals surface area contributed by atoms with Gasteiger partial charge in [0.1, 0.15) is 0 Å². The molecule has 1 heterocycles. The predicted molar refractivity (Wildman–Crippen MR) is 145 cm³/mol. The molecule has 0 radical (unpaired) electrons.